The minimum atomic E-state index is -0.0169. The number of hydrogen-bond acceptors (Lipinski definition) is 2. The van der Waals surface area contributed by atoms with Crippen LogP contribution in [0.25, 0.3) is 5.52 Å². The third-order valence-electron chi connectivity index (χ3n) is 2.62. The van der Waals surface area contributed by atoms with Gasteiger partial charge in [0.2, 0.25) is 0 Å². The van der Waals surface area contributed by atoms with Crippen molar-refractivity contribution in [3.8, 4) is 0 Å². The summed E-state index contributed by atoms with van der Waals surface area (Å²) in [5, 5.41) is 4.15. The van der Waals surface area contributed by atoms with Crippen LogP contribution in [0.3, 0.4) is 0 Å². The Balaban J connectivity index is 2.31. The van der Waals surface area contributed by atoms with Crippen molar-refractivity contribution < 1.29 is 0 Å². The average Bonchev–Trinajstić information content (AvgIpc) is 2.64. The Hall–Kier alpha value is -1.58. The maximum atomic E-state index is 12.0. The second-order valence-electron chi connectivity index (χ2n) is 5.27. The minimum Gasteiger partial charge on any atom is -0.301 e. The molecule has 86 valence electrons. The van der Waals surface area contributed by atoms with E-state index in [2.05, 4.69) is 25.9 Å². The maximum absolute atomic E-state index is 12.0. The molecule has 0 bridgehead atoms. The third kappa shape index (κ3) is 2.15. The lowest BCUT2D eigenvalue weighted by molar-refractivity contribution is 0.336. The van der Waals surface area contributed by atoms with Crippen molar-refractivity contribution in [3.05, 3.63) is 35.0 Å². The van der Waals surface area contributed by atoms with Gasteiger partial charge in [-0.05, 0) is 24.0 Å². The Morgan fingerprint density at radius 3 is 2.81 bits per heavy atom. The van der Waals surface area contributed by atoms with Crippen LogP contribution in [-0.4, -0.2) is 14.2 Å². The third-order valence-corrected chi connectivity index (χ3v) is 2.62. The Labute approximate surface area is 94.5 Å². The second-order valence-corrected chi connectivity index (χ2v) is 5.27. The molecule has 0 aliphatic heterocycles. The number of aryl methyl sites for hydroxylation is 1. The zero-order chi connectivity index (χ0) is 11.8. The van der Waals surface area contributed by atoms with E-state index in [-0.39, 0.29) is 11.0 Å². The first-order valence-electron chi connectivity index (χ1n) is 5.50. The zero-order valence-corrected chi connectivity index (χ0v) is 9.97. The zero-order valence-electron chi connectivity index (χ0n) is 9.97. The van der Waals surface area contributed by atoms with E-state index >= 15 is 0 Å². The van der Waals surface area contributed by atoms with E-state index < -0.39 is 0 Å². The standard InChI is InChI=1S/C12H17N3O/c1-12(2,3)6-8-15-11(16)10-5-4-7-14(10)9-13-15/h4-5,7,9H,6,8H2,1-3H3. The molecule has 2 rings (SSSR count). The van der Waals surface area contributed by atoms with Crippen molar-refractivity contribution in [3.63, 3.8) is 0 Å². The Kier molecular flexibility index (Phi) is 2.58. The number of aromatic nitrogens is 3. The number of fused-ring (bicyclic) bond motifs is 1. The summed E-state index contributed by atoms with van der Waals surface area (Å²) in [5.74, 6) is 0. The molecule has 4 nitrogen and oxygen atoms in total. The quantitative estimate of drug-likeness (QED) is 0.774. The molecular formula is C12H17N3O. The van der Waals surface area contributed by atoms with Gasteiger partial charge in [0.1, 0.15) is 11.8 Å². The fourth-order valence-electron chi connectivity index (χ4n) is 1.58. The van der Waals surface area contributed by atoms with Gasteiger partial charge in [-0.3, -0.25) is 4.79 Å². The highest BCUT2D eigenvalue weighted by Crippen LogP contribution is 2.18. The van der Waals surface area contributed by atoms with E-state index in [0.29, 0.717) is 12.1 Å². The van der Waals surface area contributed by atoms with Gasteiger partial charge in [-0.1, -0.05) is 20.8 Å². The van der Waals surface area contributed by atoms with Crippen LogP contribution < -0.4 is 5.56 Å². The molecule has 0 radical (unpaired) electrons. The number of rotatable bonds is 2. The normalized spacial score (nSPS) is 12.2. The predicted molar refractivity (Wildman–Crippen MR) is 63.5 cm³/mol. The van der Waals surface area contributed by atoms with Crippen LogP contribution in [0.4, 0.5) is 0 Å². The highest BCUT2D eigenvalue weighted by Gasteiger charge is 2.11. The molecule has 0 aromatic carbocycles. The highest BCUT2D eigenvalue weighted by molar-refractivity contribution is 5.43. The fraction of sp³-hybridized carbons (Fsp3) is 0.500. The van der Waals surface area contributed by atoms with Crippen LogP contribution >= 0.6 is 0 Å². The molecule has 0 N–H and O–H groups in total. The molecule has 0 saturated carbocycles. The van der Waals surface area contributed by atoms with Gasteiger partial charge in [0.15, 0.2) is 0 Å². The Morgan fingerprint density at radius 1 is 1.38 bits per heavy atom. The van der Waals surface area contributed by atoms with Gasteiger partial charge in [0, 0.05) is 12.7 Å². The van der Waals surface area contributed by atoms with Crippen LogP contribution in [-0.2, 0) is 6.54 Å². The van der Waals surface area contributed by atoms with E-state index in [4.69, 9.17) is 0 Å². The minimum absolute atomic E-state index is 0.0169. The molecule has 0 spiro atoms. The molecule has 0 fully saturated rings. The van der Waals surface area contributed by atoms with Crippen LogP contribution in [0.2, 0.25) is 0 Å². The maximum Gasteiger partial charge on any atom is 0.290 e. The first kappa shape index (κ1) is 10.9. The average molecular weight is 219 g/mol. The van der Waals surface area contributed by atoms with Gasteiger partial charge in [0.25, 0.3) is 5.56 Å². The summed E-state index contributed by atoms with van der Waals surface area (Å²) in [4.78, 5) is 12.0. The summed E-state index contributed by atoms with van der Waals surface area (Å²) in [6.07, 6.45) is 4.45. The van der Waals surface area contributed by atoms with Gasteiger partial charge in [-0.25, -0.2) is 4.68 Å². The molecule has 4 heteroatoms. The molecule has 2 aromatic rings. The lowest BCUT2D eigenvalue weighted by Gasteiger charge is -2.17. The fourth-order valence-corrected chi connectivity index (χ4v) is 1.58. The predicted octanol–water partition coefficient (Wildman–Crippen LogP) is 1.93. The monoisotopic (exact) mass is 219 g/mol. The van der Waals surface area contributed by atoms with E-state index in [1.807, 2.05) is 18.3 Å². The summed E-state index contributed by atoms with van der Waals surface area (Å²) < 4.78 is 3.29. The SMILES string of the molecule is CC(C)(C)CCn1ncn2cccc2c1=O. The Bertz CT molecular complexity index is 545. The number of nitrogens with zero attached hydrogens (tertiary/aromatic N) is 3. The molecule has 0 unspecified atom stereocenters. The van der Waals surface area contributed by atoms with Gasteiger partial charge in [-0.15, -0.1) is 0 Å². The van der Waals surface area contributed by atoms with Gasteiger partial charge >= 0.3 is 0 Å². The topological polar surface area (TPSA) is 39.3 Å². The van der Waals surface area contributed by atoms with Crippen LogP contribution in [0.1, 0.15) is 27.2 Å². The van der Waals surface area contributed by atoms with Crippen molar-refractivity contribution in [2.75, 3.05) is 0 Å². The summed E-state index contributed by atoms with van der Waals surface area (Å²) in [6, 6.07) is 3.67. The smallest absolute Gasteiger partial charge is 0.290 e. The van der Waals surface area contributed by atoms with Crippen molar-refractivity contribution in [1.29, 1.82) is 0 Å². The molecule has 2 aromatic heterocycles. The molecule has 0 amide bonds. The molecule has 16 heavy (non-hydrogen) atoms. The summed E-state index contributed by atoms with van der Waals surface area (Å²) in [7, 11) is 0. The first-order chi connectivity index (χ1) is 7.47. The second kappa shape index (κ2) is 3.77. The Morgan fingerprint density at radius 2 is 2.12 bits per heavy atom. The summed E-state index contributed by atoms with van der Waals surface area (Å²) >= 11 is 0. The molecule has 0 atom stereocenters. The van der Waals surface area contributed by atoms with Gasteiger partial charge in [0.05, 0.1) is 0 Å². The van der Waals surface area contributed by atoms with Crippen molar-refractivity contribution in [2.45, 2.75) is 33.7 Å². The van der Waals surface area contributed by atoms with Gasteiger partial charge < -0.3 is 4.40 Å². The van der Waals surface area contributed by atoms with E-state index in [1.54, 1.807) is 15.4 Å². The lowest BCUT2D eigenvalue weighted by atomic mass is 9.92. The first-order valence-corrected chi connectivity index (χ1v) is 5.50. The van der Waals surface area contributed by atoms with Crippen molar-refractivity contribution in [1.82, 2.24) is 14.2 Å². The van der Waals surface area contributed by atoms with Crippen LogP contribution in [0.15, 0.2) is 29.5 Å². The molecule has 2 heterocycles. The van der Waals surface area contributed by atoms with Crippen molar-refractivity contribution >= 4 is 5.52 Å². The number of hydrogen-bond donors (Lipinski definition) is 0. The van der Waals surface area contributed by atoms with Gasteiger partial charge in [-0.2, -0.15) is 5.10 Å². The van der Waals surface area contributed by atoms with E-state index in [9.17, 15) is 4.79 Å². The lowest BCUT2D eigenvalue weighted by Crippen LogP contribution is -2.26. The molecule has 0 aliphatic carbocycles. The highest BCUT2D eigenvalue weighted by atomic mass is 16.1. The van der Waals surface area contributed by atoms with Crippen molar-refractivity contribution in [2.24, 2.45) is 5.41 Å². The molecule has 0 aliphatic rings. The largest absolute Gasteiger partial charge is 0.301 e. The molecular weight excluding hydrogens is 202 g/mol. The van der Waals surface area contributed by atoms with Crippen LogP contribution in [0.5, 0.6) is 0 Å². The summed E-state index contributed by atoms with van der Waals surface area (Å²) in [6.45, 7) is 7.15. The summed E-state index contributed by atoms with van der Waals surface area (Å²) in [5.41, 5.74) is 0.885. The molecule has 0 saturated heterocycles. The van der Waals surface area contributed by atoms with E-state index in [1.165, 1.54) is 0 Å². The van der Waals surface area contributed by atoms with E-state index in [0.717, 1.165) is 6.42 Å². The van der Waals surface area contributed by atoms with Crippen LogP contribution in [0, 0.1) is 5.41 Å².